The van der Waals surface area contributed by atoms with Crippen molar-refractivity contribution in [1.82, 2.24) is 4.57 Å². The number of rotatable bonds is 3. The van der Waals surface area contributed by atoms with Gasteiger partial charge in [-0.3, -0.25) is 14.4 Å². The Balaban J connectivity index is 1.75. The smallest absolute Gasteiger partial charge is 0.417 e. The third kappa shape index (κ3) is 4.10. The monoisotopic (exact) mass is 381 g/mol. The molecule has 3 rings (SSSR count). The second-order valence-electron chi connectivity index (χ2n) is 5.89. The minimum atomic E-state index is -4.63. The maximum absolute atomic E-state index is 12.7. The number of hydrogen-bond donors (Lipinski definition) is 2. The third-order valence-corrected chi connectivity index (χ3v) is 3.82. The van der Waals surface area contributed by atoms with Crippen LogP contribution in [0.25, 0.3) is 0 Å². The highest BCUT2D eigenvalue weighted by Crippen LogP contribution is 2.32. The minimum Gasteiger partial charge on any atom is -0.479 e. The number of pyridine rings is 1. The van der Waals surface area contributed by atoms with E-state index >= 15 is 0 Å². The Morgan fingerprint density at radius 1 is 1.26 bits per heavy atom. The molecule has 142 valence electrons. The lowest BCUT2D eigenvalue weighted by Gasteiger charge is -2.23. The Hall–Kier alpha value is -3.30. The van der Waals surface area contributed by atoms with Gasteiger partial charge in [0.1, 0.15) is 12.3 Å². The van der Waals surface area contributed by atoms with Crippen LogP contribution in [0.4, 0.5) is 24.5 Å². The number of carbonyl (C=O) groups excluding carboxylic acids is 2. The van der Waals surface area contributed by atoms with Gasteiger partial charge in [0.25, 0.3) is 11.5 Å². The van der Waals surface area contributed by atoms with Crippen LogP contribution in [0.15, 0.2) is 41.3 Å². The predicted octanol–water partition coefficient (Wildman–Crippen LogP) is 2.23. The molecule has 10 heteroatoms. The molecule has 0 unspecified atom stereocenters. The minimum absolute atomic E-state index is 0.289. The lowest BCUT2D eigenvalue weighted by atomic mass is 10.2. The normalized spacial score (nSPS) is 16.1. The van der Waals surface area contributed by atoms with Crippen LogP contribution in [0.3, 0.4) is 0 Å². The second-order valence-corrected chi connectivity index (χ2v) is 5.89. The zero-order valence-electron chi connectivity index (χ0n) is 14.0. The summed E-state index contributed by atoms with van der Waals surface area (Å²) in [6, 6.07) is 5.91. The maximum atomic E-state index is 12.7. The average Bonchev–Trinajstić information content (AvgIpc) is 2.57. The number of anilines is 2. The zero-order valence-corrected chi connectivity index (χ0v) is 14.0. The number of ether oxygens (including phenoxy) is 1. The molecular formula is C17H14F3N3O4. The summed E-state index contributed by atoms with van der Waals surface area (Å²) in [6.45, 7) is 0.987. The van der Waals surface area contributed by atoms with Crippen LogP contribution in [-0.2, 0) is 22.3 Å². The number of amides is 2. The first-order valence-corrected chi connectivity index (χ1v) is 7.82. The Morgan fingerprint density at radius 2 is 2.00 bits per heavy atom. The number of aromatic nitrogens is 1. The average molecular weight is 381 g/mol. The molecule has 1 aliphatic rings. The van der Waals surface area contributed by atoms with Gasteiger partial charge in [-0.05, 0) is 31.2 Å². The molecule has 0 aliphatic carbocycles. The van der Waals surface area contributed by atoms with Gasteiger partial charge in [0.05, 0.1) is 11.3 Å². The van der Waals surface area contributed by atoms with Crippen LogP contribution in [0.1, 0.15) is 12.5 Å². The van der Waals surface area contributed by atoms with Crippen LogP contribution in [0.2, 0.25) is 0 Å². The van der Waals surface area contributed by atoms with E-state index in [1.165, 1.54) is 18.2 Å². The molecule has 1 aliphatic heterocycles. The van der Waals surface area contributed by atoms with Crippen LogP contribution in [-0.4, -0.2) is 22.5 Å². The van der Waals surface area contributed by atoms with Crippen LogP contribution < -0.4 is 20.9 Å². The standard InChI is InChI=1S/C17H14F3N3O4/c1-9-16(26)22-12-6-11(3-4-13(12)27-9)21-14(24)8-23-7-10(17(18,19)20)2-5-15(23)25/h2-7,9H,8H2,1H3,(H,21,24)(H,22,26)/t9-/m0/s1. The highest BCUT2D eigenvalue weighted by molar-refractivity contribution is 5.99. The Morgan fingerprint density at radius 3 is 2.70 bits per heavy atom. The molecule has 2 amide bonds. The van der Waals surface area contributed by atoms with E-state index in [1.807, 2.05) is 0 Å². The highest BCUT2D eigenvalue weighted by atomic mass is 19.4. The Kier molecular flexibility index (Phi) is 4.64. The van der Waals surface area contributed by atoms with Crippen molar-refractivity contribution in [1.29, 1.82) is 0 Å². The van der Waals surface area contributed by atoms with Crippen LogP contribution in [0, 0.1) is 0 Å². The summed E-state index contributed by atoms with van der Waals surface area (Å²) in [7, 11) is 0. The second kappa shape index (κ2) is 6.78. The van der Waals surface area contributed by atoms with Crippen molar-refractivity contribution in [2.24, 2.45) is 0 Å². The van der Waals surface area contributed by atoms with Gasteiger partial charge in [-0.2, -0.15) is 13.2 Å². The van der Waals surface area contributed by atoms with Gasteiger partial charge < -0.3 is 19.9 Å². The van der Waals surface area contributed by atoms with Crippen molar-refractivity contribution < 1.29 is 27.5 Å². The van der Waals surface area contributed by atoms with E-state index < -0.39 is 35.9 Å². The van der Waals surface area contributed by atoms with Crippen molar-refractivity contribution in [3.05, 3.63) is 52.4 Å². The number of fused-ring (bicyclic) bond motifs is 1. The molecule has 2 N–H and O–H groups in total. The lowest BCUT2D eigenvalue weighted by molar-refractivity contribution is -0.138. The largest absolute Gasteiger partial charge is 0.479 e. The van der Waals surface area contributed by atoms with Gasteiger partial charge in [-0.15, -0.1) is 0 Å². The number of carbonyl (C=O) groups is 2. The van der Waals surface area contributed by atoms with Crippen molar-refractivity contribution in [3.8, 4) is 5.75 Å². The van der Waals surface area contributed by atoms with Crippen molar-refractivity contribution in [3.63, 3.8) is 0 Å². The molecule has 2 heterocycles. The van der Waals surface area contributed by atoms with E-state index in [1.54, 1.807) is 6.92 Å². The lowest BCUT2D eigenvalue weighted by Crippen LogP contribution is -2.34. The molecule has 0 spiro atoms. The van der Waals surface area contributed by atoms with Crippen LogP contribution in [0.5, 0.6) is 5.75 Å². The van der Waals surface area contributed by atoms with Gasteiger partial charge in [0.2, 0.25) is 5.91 Å². The number of hydrogen-bond acceptors (Lipinski definition) is 4. The third-order valence-electron chi connectivity index (χ3n) is 3.82. The van der Waals surface area contributed by atoms with Crippen LogP contribution >= 0.6 is 0 Å². The number of benzene rings is 1. The highest BCUT2D eigenvalue weighted by Gasteiger charge is 2.31. The van der Waals surface area contributed by atoms with E-state index in [2.05, 4.69) is 10.6 Å². The molecule has 1 aromatic carbocycles. The summed E-state index contributed by atoms with van der Waals surface area (Å²) in [5, 5.41) is 5.08. The van der Waals surface area contributed by atoms with Gasteiger partial charge in [-0.1, -0.05) is 0 Å². The molecule has 0 radical (unpaired) electrons. The topological polar surface area (TPSA) is 89.4 Å². The van der Waals surface area contributed by atoms with Gasteiger partial charge >= 0.3 is 6.18 Å². The molecule has 27 heavy (non-hydrogen) atoms. The van der Waals surface area contributed by atoms with E-state index in [4.69, 9.17) is 4.74 Å². The van der Waals surface area contributed by atoms with E-state index in [-0.39, 0.29) is 11.6 Å². The molecule has 0 saturated heterocycles. The summed E-state index contributed by atoms with van der Waals surface area (Å²) < 4.78 is 44.3. The van der Waals surface area contributed by atoms with E-state index in [0.717, 1.165) is 6.07 Å². The van der Waals surface area contributed by atoms with E-state index in [0.29, 0.717) is 28.3 Å². The fourth-order valence-electron chi connectivity index (χ4n) is 2.46. The fraction of sp³-hybridized carbons (Fsp3) is 0.235. The number of nitrogens with zero attached hydrogens (tertiary/aromatic N) is 1. The summed E-state index contributed by atoms with van der Waals surface area (Å²) in [4.78, 5) is 35.4. The van der Waals surface area contributed by atoms with Gasteiger partial charge in [0, 0.05) is 18.0 Å². The zero-order chi connectivity index (χ0) is 19.8. The van der Waals surface area contributed by atoms with Gasteiger partial charge in [-0.25, -0.2) is 0 Å². The first kappa shape index (κ1) is 18.5. The quantitative estimate of drug-likeness (QED) is 0.853. The number of nitrogens with one attached hydrogen (secondary N) is 2. The van der Waals surface area contributed by atoms with Gasteiger partial charge in [0.15, 0.2) is 6.10 Å². The van der Waals surface area contributed by atoms with Crippen molar-refractivity contribution in [2.45, 2.75) is 25.7 Å². The molecule has 0 saturated carbocycles. The molecule has 1 atom stereocenters. The molecule has 0 fully saturated rings. The Bertz CT molecular complexity index is 969. The molecular weight excluding hydrogens is 367 g/mol. The fourth-order valence-corrected chi connectivity index (χ4v) is 2.46. The summed E-state index contributed by atoms with van der Waals surface area (Å²) in [6.07, 6.45) is -4.69. The first-order chi connectivity index (χ1) is 12.6. The maximum Gasteiger partial charge on any atom is 0.417 e. The molecule has 2 aromatic rings. The molecule has 0 bridgehead atoms. The summed E-state index contributed by atoms with van der Waals surface area (Å²) in [5.41, 5.74) is -1.12. The first-order valence-electron chi connectivity index (χ1n) is 7.82. The SMILES string of the molecule is C[C@@H]1Oc2ccc(NC(=O)Cn3cc(C(F)(F)F)ccc3=O)cc2NC1=O. The number of halogens is 3. The van der Waals surface area contributed by atoms with Crippen molar-refractivity contribution >= 4 is 23.2 Å². The number of alkyl halides is 3. The van der Waals surface area contributed by atoms with E-state index in [9.17, 15) is 27.6 Å². The Labute approximate surface area is 150 Å². The molecule has 1 aromatic heterocycles. The van der Waals surface area contributed by atoms with Crippen molar-refractivity contribution in [2.75, 3.05) is 10.6 Å². The summed E-state index contributed by atoms with van der Waals surface area (Å²) >= 11 is 0. The predicted molar refractivity (Wildman–Crippen MR) is 89.5 cm³/mol. The summed E-state index contributed by atoms with van der Waals surface area (Å²) in [5.74, 6) is -0.622. The molecule has 7 nitrogen and oxygen atoms in total.